The van der Waals surface area contributed by atoms with E-state index in [1.54, 1.807) is 7.05 Å². The van der Waals surface area contributed by atoms with Crippen LogP contribution < -0.4 is 17.7 Å². The van der Waals surface area contributed by atoms with Crippen LogP contribution in [0.3, 0.4) is 0 Å². The molecule has 1 unspecified atom stereocenters. The van der Waals surface area contributed by atoms with E-state index in [9.17, 15) is 25.3 Å². The first-order chi connectivity index (χ1) is 10.0. The molecule has 0 fully saturated rings. The van der Waals surface area contributed by atoms with Crippen LogP contribution in [0.2, 0.25) is 0 Å². The third-order valence-electron chi connectivity index (χ3n) is 3.72. The molecule has 140 valence electrons. The highest BCUT2D eigenvalue weighted by Crippen LogP contribution is 2.07. The predicted octanol–water partition coefficient (Wildman–Crippen LogP) is -5.82. The lowest BCUT2D eigenvalue weighted by atomic mass is 10.0. The fraction of sp³-hybridized carbons (Fsp3) is 0.923. The summed E-state index contributed by atoms with van der Waals surface area (Å²) >= 11 is 0. The maximum Gasteiger partial charge on any atom is 0.251 e. The second kappa shape index (κ2) is 11.1. The molecule has 0 saturated carbocycles. The largest absolute Gasteiger partial charge is 1.00 e. The number of carbonyl (C=O) groups excluding carboxylic acids is 1. The molecule has 0 saturated heterocycles. The molecule has 0 aliphatic heterocycles. The van der Waals surface area contributed by atoms with Crippen LogP contribution in [0.25, 0.3) is 0 Å². The highest BCUT2D eigenvalue weighted by Gasteiger charge is 2.34. The minimum Gasteiger partial charge on any atom is -1.00 e. The van der Waals surface area contributed by atoms with Crippen LogP contribution >= 0.6 is 0 Å². The van der Waals surface area contributed by atoms with E-state index in [2.05, 4.69) is 5.32 Å². The molecule has 7 N–H and O–H groups in total. The molecule has 23 heavy (non-hydrogen) atoms. The van der Waals surface area contributed by atoms with Crippen molar-refractivity contribution >= 4 is 5.91 Å². The van der Waals surface area contributed by atoms with E-state index in [0.717, 1.165) is 0 Å². The van der Waals surface area contributed by atoms with Crippen LogP contribution in [-0.2, 0) is 4.79 Å². The molecule has 0 rings (SSSR count). The number of hydrogen-bond acceptors (Lipinski definition) is 7. The summed E-state index contributed by atoms with van der Waals surface area (Å²) in [5.74, 6) is -0.909. The second-order valence-corrected chi connectivity index (χ2v) is 5.85. The summed E-state index contributed by atoms with van der Waals surface area (Å²) in [7, 11) is 1.64. The van der Waals surface area contributed by atoms with Gasteiger partial charge in [0.15, 0.2) is 6.10 Å². The highest BCUT2D eigenvalue weighted by atomic mass is 35.5. The number of aliphatic hydroxyl groups excluding tert-OH is 5. The number of amides is 1. The molecular weight excluding hydrogens is 332 g/mol. The Morgan fingerprint density at radius 1 is 1.13 bits per heavy atom. The van der Waals surface area contributed by atoms with Crippen LogP contribution in [0.5, 0.6) is 0 Å². The molecule has 0 aromatic rings. The predicted molar refractivity (Wildman–Crippen MR) is 76.7 cm³/mol. The van der Waals surface area contributed by atoms with E-state index < -0.39 is 36.9 Å². The minimum absolute atomic E-state index is 0. The third-order valence-corrected chi connectivity index (χ3v) is 3.72. The molecule has 9 nitrogen and oxygen atoms in total. The number of halogens is 1. The van der Waals surface area contributed by atoms with Gasteiger partial charge in [0.1, 0.15) is 30.9 Å². The summed E-state index contributed by atoms with van der Waals surface area (Å²) in [6.07, 6.45) is -6.91. The topological polar surface area (TPSA) is 150 Å². The second-order valence-electron chi connectivity index (χ2n) is 5.85. The molecular formula is C13H29ClN2O7. The van der Waals surface area contributed by atoms with E-state index in [4.69, 9.17) is 10.2 Å². The first-order valence-electron chi connectivity index (χ1n) is 7.23. The maximum atomic E-state index is 11.6. The Kier molecular flexibility index (Phi) is 11.9. The lowest BCUT2D eigenvalue weighted by molar-refractivity contribution is -1.10. The molecule has 0 aliphatic rings. The molecule has 0 spiro atoms. The number of quaternary nitrogens is 1. The van der Waals surface area contributed by atoms with Crippen LogP contribution in [0.1, 0.15) is 20.3 Å². The molecule has 0 heterocycles. The fourth-order valence-corrected chi connectivity index (χ4v) is 1.65. The Morgan fingerprint density at radius 2 is 1.65 bits per heavy atom. The Labute approximate surface area is 142 Å². The summed E-state index contributed by atoms with van der Waals surface area (Å²) in [5.41, 5.74) is 0. The van der Waals surface area contributed by atoms with E-state index in [-0.39, 0.29) is 29.6 Å². The molecule has 0 aromatic heterocycles. The molecule has 0 bridgehead atoms. The average molecular weight is 361 g/mol. The number of nitrogens with one attached hydrogen (secondary N) is 1. The quantitative estimate of drug-likeness (QED) is 0.116. The van der Waals surface area contributed by atoms with Crippen molar-refractivity contribution in [2.24, 2.45) is 0 Å². The van der Waals surface area contributed by atoms with Gasteiger partial charge in [-0.3, -0.25) is 4.79 Å². The van der Waals surface area contributed by atoms with Gasteiger partial charge in [-0.05, 0) is 13.8 Å². The van der Waals surface area contributed by atoms with Crippen molar-refractivity contribution in [3.05, 3.63) is 0 Å². The Balaban J connectivity index is 0. The van der Waals surface area contributed by atoms with Gasteiger partial charge in [-0.1, -0.05) is 0 Å². The first kappa shape index (κ1) is 24.7. The van der Waals surface area contributed by atoms with E-state index in [1.807, 2.05) is 13.8 Å². The summed E-state index contributed by atoms with van der Waals surface area (Å²) in [6, 6.07) is -0.00164. The van der Waals surface area contributed by atoms with Gasteiger partial charge in [-0.2, -0.15) is 4.65 Å². The number of carbonyl (C=O) groups is 1. The molecule has 0 radical (unpaired) electrons. The molecule has 1 amide bonds. The monoisotopic (exact) mass is 360 g/mol. The highest BCUT2D eigenvalue weighted by molar-refractivity contribution is 5.81. The molecule has 5 atom stereocenters. The zero-order chi connectivity index (χ0) is 17.5. The summed E-state index contributed by atoms with van der Waals surface area (Å²) in [4.78, 5) is 11.6. The van der Waals surface area contributed by atoms with Crippen molar-refractivity contribution in [1.29, 1.82) is 0 Å². The fourth-order valence-electron chi connectivity index (χ4n) is 1.65. The Morgan fingerprint density at radius 3 is 2.09 bits per heavy atom. The van der Waals surface area contributed by atoms with Gasteiger partial charge in [0.25, 0.3) is 5.91 Å². The van der Waals surface area contributed by atoms with E-state index in [1.165, 1.54) is 0 Å². The summed E-state index contributed by atoms with van der Waals surface area (Å²) in [6.45, 7) is 3.46. The van der Waals surface area contributed by atoms with Crippen molar-refractivity contribution in [1.82, 2.24) is 5.32 Å². The number of nitrogens with zero attached hydrogens (tertiary/aromatic N) is 1. The standard InChI is InChI=1S/C13H28N2O7.ClH/c1-8(2)15(3,22)6-4-5-14-13(21)12(20)11(19)10(18)9(17)7-16;/h8-12,16-20,22H,4-7H2,1-3H3;1H/t9-,10-,11+,12-,15?;/m1./s1. The average Bonchev–Trinajstić information content (AvgIpc) is 2.47. The van der Waals surface area contributed by atoms with Crippen molar-refractivity contribution in [3.63, 3.8) is 0 Å². The summed E-state index contributed by atoms with van der Waals surface area (Å²) < 4.78 is -0.206. The number of hydroxylamine groups is 3. The summed E-state index contributed by atoms with van der Waals surface area (Å²) in [5, 5.41) is 58.6. The van der Waals surface area contributed by atoms with Crippen LogP contribution in [0, 0.1) is 0 Å². The van der Waals surface area contributed by atoms with E-state index in [0.29, 0.717) is 13.0 Å². The Hall–Kier alpha value is -0.520. The normalized spacial score (nSPS) is 19.2. The van der Waals surface area contributed by atoms with Gasteiger partial charge in [0.05, 0.1) is 13.7 Å². The zero-order valence-electron chi connectivity index (χ0n) is 13.6. The van der Waals surface area contributed by atoms with Gasteiger partial charge >= 0.3 is 0 Å². The van der Waals surface area contributed by atoms with E-state index >= 15 is 0 Å². The van der Waals surface area contributed by atoms with Crippen molar-refractivity contribution in [2.45, 2.75) is 50.7 Å². The molecule has 0 aromatic carbocycles. The van der Waals surface area contributed by atoms with Gasteiger partial charge in [0, 0.05) is 13.0 Å². The smallest absolute Gasteiger partial charge is 0.251 e. The first-order valence-corrected chi connectivity index (χ1v) is 7.23. The lowest BCUT2D eigenvalue weighted by Gasteiger charge is -2.29. The van der Waals surface area contributed by atoms with Gasteiger partial charge in [-0.15, -0.1) is 0 Å². The van der Waals surface area contributed by atoms with Crippen LogP contribution in [-0.4, -0.2) is 98.5 Å². The SMILES string of the molecule is CC(C)[N+](C)(O)CCCNC(=O)[C@H](O)[C@@H](O)[C@H](O)[C@H](O)CO.[Cl-]. The van der Waals surface area contributed by atoms with Gasteiger partial charge in [0.2, 0.25) is 0 Å². The number of rotatable bonds is 10. The Bertz CT molecular complexity index is 344. The number of hydrogen-bond donors (Lipinski definition) is 7. The zero-order valence-corrected chi connectivity index (χ0v) is 14.4. The van der Waals surface area contributed by atoms with Crippen molar-refractivity contribution in [2.75, 3.05) is 26.7 Å². The van der Waals surface area contributed by atoms with Gasteiger partial charge < -0.3 is 43.3 Å². The molecule has 0 aliphatic carbocycles. The minimum atomic E-state index is -1.93. The third kappa shape index (κ3) is 8.23. The van der Waals surface area contributed by atoms with Crippen molar-refractivity contribution < 1.29 is 52.6 Å². The van der Waals surface area contributed by atoms with Crippen molar-refractivity contribution in [3.8, 4) is 0 Å². The molecule has 10 heteroatoms. The van der Waals surface area contributed by atoms with Gasteiger partial charge in [-0.25, -0.2) is 5.21 Å². The van der Waals surface area contributed by atoms with Crippen LogP contribution in [0.4, 0.5) is 0 Å². The number of aliphatic hydroxyl groups is 5. The van der Waals surface area contributed by atoms with Crippen LogP contribution in [0.15, 0.2) is 0 Å². The maximum absolute atomic E-state index is 11.6. The lowest BCUT2D eigenvalue weighted by Crippen LogP contribution is -3.00.